The van der Waals surface area contributed by atoms with Crippen LogP contribution in [0.3, 0.4) is 0 Å². The summed E-state index contributed by atoms with van der Waals surface area (Å²) in [5, 5.41) is 0. The lowest BCUT2D eigenvalue weighted by Gasteiger charge is -2.23. The van der Waals surface area contributed by atoms with E-state index in [2.05, 4.69) is 0 Å². The molecule has 0 aliphatic heterocycles. The van der Waals surface area contributed by atoms with Crippen LogP contribution in [0.2, 0.25) is 0 Å². The average molecular weight is 555 g/mol. The van der Waals surface area contributed by atoms with Crippen LogP contribution >= 0.6 is 7.82 Å². The highest BCUT2D eigenvalue weighted by molar-refractivity contribution is 7.95. The van der Waals surface area contributed by atoms with Crippen molar-refractivity contribution in [3.63, 3.8) is 0 Å². The topological polar surface area (TPSA) is 78.9 Å². The van der Waals surface area contributed by atoms with E-state index in [1.807, 2.05) is 12.1 Å². The summed E-state index contributed by atoms with van der Waals surface area (Å²) in [6.45, 7) is 0. The average Bonchev–Trinajstić information content (AvgIpc) is 2.91. The highest BCUT2D eigenvalue weighted by atomic mass is 32.2. The molecule has 0 bridgehead atoms. The maximum absolute atomic E-state index is 14.2. The van der Waals surface area contributed by atoms with Crippen LogP contribution in [0.15, 0.2) is 107 Å². The van der Waals surface area contributed by atoms with E-state index in [9.17, 15) is 13.0 Å². The van der Waals surface area contributed by atoms with Crippen molar-refractivity contribution in [2.75, 3.05) is 0 Å². The standard InChI is InChI=1S/C30H35O6PS/c31-37(34-26-18-10-7-11-19-26,35-27-20-12-8-13-21-27)36-29-24-16-5-3-1-2-4-6-17-25-30(29)38(32,33)28-22-14-9-15-23-28/h7-15,18-23H,1-6,16-17,24-25H2/b30-29-. The predicted molar refractivity (Wildman–Crippen MR) is 150 cm³/mol. The highest BCUT2D eigenvalue weighted by Gasteiger charge is 2.37. The maximum atomic E-state index is 14.2. The molecule has 8 heteroatoms. The van der Waals surface area contributed by atoms with E-state index in [0.717, 1.165) is 38.5 Å². The van der Waals surface area contributed by atoms with Gasteiger partial charge in [0.15, 0.2) is 0 Å². The van der Waals surface area contributed by atoms with Crippen LogP contribution in [0.4, 0.5) is 0 Å². The molecule has 0 atom stereocenters. The molecule has 4 rings (SSSR count). The minimum Gasteiger partial charge on any atom is -0.389 e. The van der Waals surface area contributed by atoms with Crippen LogP contribution in [0.25, 0.3) is 0 Å². The molecule has 1 aliphatic rings. The van der Waals surface area contributed by atoms with Crippen molar-refractivity contribution in [1.82, 2.24) is 0 Å². The number of phosphoric acid groups is 1. The first-order chi connectivity index (χ1) is 18.5. The SMILES string of the molecule is O=P(O/C1=C(\S(=O)(=O)c2ccccc2)CCCCCCCCCC1)(Oc1ccccc1)Oc1ccccc1. The highest BCUT2D eigenvalue weighted by Crippen LogP contribution is 2.53. The molecular weight excluding hydrogens is 519 g/mol. The summed E-state index contributed by atoms with van der Waals surface area (Å²) < 4.78 is 59.8. The van der Waals surface area contributed by atoms with Gasteiger partial charge in [0.05, 0.1) is 9.80 Å². The first-order valence-electron chi connectivity index (χ1n) is 13.3. The fourth-order valence-electron chi connectivity index (χ4n) is 4.45. The molecule has 0 heterocycles. The Morgan fingerprint density at radius 1 is 0.526 bits per heavy atom. The molecule has 0 N–H and O–H groups in total. The zero-order chi connectivity index (χ0) is 26.7. The van der Waals surface area contributed by atoms with Gasteiger partial charge in [-0.1, -0.05) is 93.1 Å². The Labute approximate surface area is 226 Å². The van der Waals surface area contributed by atoms with Crippen LogP contribution in [0.5, 0.6) is 11.5 Å². The van der Waals surface area contributed by atoms with E-state index >= 15 is 0 Å². The summed E-state index contributed by atoms with van der Waals surface area (Å²) in [6.07, 6.45) is 8.28. The van der Waals surface area contributed by atoms with Gasteiger partial charge in [-0.25, -0.2) is 8.42 Å². The van der Waals surface area contributed by atoms with E-state index in [0.29, 0.717) is 37.2 Å². The van der Waals surface area contributed by atoms with Crippen molar-refractivity contribution in [3.8, 4) is 11.5 Å². The number of allylic oxidation sites excluding steroid dienone is 2. The van der Waals surface area contributed by atoms with Gasteiger partial charge < -0.3 is 13.6 Å². The Kier molecular flexibility index (Phi) is 10.1. The van der Waals surface area contributed by atoms with Crippen molar-refractivity contribution >= 4 is 17.7 Å². The van der Waals surface area contributed by atoms with Crippen LogP contribution in [-0.4, -0.2) is 8.42 Å². The Balaban J connectivity index is 1.78. The van der Waals surface area contributed by atoms with Gasteiger partial charge in [0.2, 0.25) is 9.84 Å². The summed E-state index contributed by atoms with van der Waals surface area (Å²) in [7, 11) is -8.23. The van der Waals surface area contributed by atoms with Crippen molar-refractivity contribution in [2.45, 2.75) is 69.1 Å². The van der Waals surface area contributed by atoms with Gasteiger partial charge in [-0.15, -0.1) is 0 Å². The molecule has 0 saturated heterocycles. The monoisotopic (exact) mass is 554 g/mol. The molecule has 202 valence electrons. The molecule has 6 nitrogen and oxygen atoms in total. The smallest absolute Gasteiger partial charge is 0.389 e. The molecular formula is C30H35O6PS. The number of rotatable bonds is 8. The quantitative estimate of drug-likeness (QED) is 0.259. The minimum absolute atomic E-state index is 0.151. The molecule has 0 spiro atoms. The molecule has 0 saturated carbocycles. The van der Waals surface area contributed by atoms with Crippen molar-refractivity contribution in [2.24, 2.45) is 0 Å². The van der Waals surface area contributed by atoms with E-state index in [4.69, 9.17) is 13.6 Å². The number of hydrogen-bond acceptors (Lipinski definition) is 6. The van der Waals surface area contributed by atoms with Crippen LogP contribution < -0.4 is 9.05 Å². The second kappa shape index (κ2) is 13.7. The first kappa shape index (κ1) is 28.0. The number of benzene rings is 3. The summed E-state index contributed by atoms with van der Waals surface area (Å²) in [5.41, 5.74) is 0. The second-order valence-electron chi connectivity index (χ2n) is 9.34. The van der Waals surface area contributed by atoms with Crippen LogP contribution in [-0.2, 0) is 18.9 Å². The number of phosphoric ester groups is 1. The summed E-state index contributed by atoms with van der Waals surface area (Å²) in [6, 6.07) is 25.6. The fraction of sp³-hybridized carbons (Fsp3) is 0.333. The fourth-order valence-corrected chi connectivity index (χ4v) is 7.51. The molecule has 3 aromatic rings. The van der Waals surface area contributed by atoms with Gasteiger partial charge in [-0.3, -0.25) is 0 Å². The Hall–Kier alpha value is -3.02. The molecule has 1 aliphatic carbocycles. The Morgan fingerprint density at radius 3 is 1.45 bits per heavy atom. The summed E-state index contributed by atoms with van der Waals surface area (Å²) in [4.78, 5) is 0.337. The van der Waals surface area contributed by atoms with Gasteiger partial charge >= 0.3 is 7.82 Å². The van der Waals surface area contributed by atoms with Crippen molar-refractivity contribution in [1.29, 1.82) is 0 Å². The largest absolute Gasteiger partial charge is 0.646 e. The summed E-state index contributed by atoms with van der Waals surface area (Å²) >= 11 is 0. The molecule has 38 heavy (non-hydrogen) atoms. The van der Waals surface area contributed by atoms with Gasteiger partial charge in [-0.05, 0) is 55.7 Å². The zero-order valence-electron chi connectivity index (χ0n) is 21.5. The first-order valence-corrected chi connectivity index (χ1v) is 16.2. The molecule has 0 unspecified atom stereocenters. The van der Waals surface area contributed by atoms with Crippen LogP contribution in [0, 0.1) is 0 Å². The normalized spacial score (nSPS) is 18.0. The zero-order valence-corrected chi connectivity index (χ0v) is 23.2. The predicted octanol–water partition coefficient (Wildman–Crippen LogP) is 8.87. The van der Waals surface area contributed by atoms with Gasteiger partial charge in [0.25, 0.3) is 0 Å². The van der Waals surface area contributed by atoms with E-state index in [1.165, 1.54) is 0 Å². The third-order valence-electron chi connectivity index (χ3n) is 6.39. The van der Waals surface area contributed by atoms with E-state index in [-0.39, 0.29) is 15.6 Å². The maximum Gasteiger partial charge on any atom is 0.646 e. The number of hydrogen-bond donors (Lipinski definition) is 0. The molecule has 3 aromatic carbocycles. The van der Waals surface area contributed by atoms with Crippen LogP contribution in [0.1, 0.15) is 64.2 Å². The molecule has 0 amide bonds. The van der Waals surface area contributed by atoms with Crippen molar-refractivity contribution < 1.29 is 26.6 Å². The minimum atomic E-state index is -4.33. The number of sulfone groups is 1. The van der Waals surface area contributed by atoms with Gasteiger partial charge in [-0.2, -0.15) is 4.57 Å². The number of para-hydroxylation sites is 2. The molecule has 0 aromatic heterocycles. The van der Waals surface area contributed by atoms with Gasteiger partial charge in [0.1, 0.15) is 17.3 Å². The lowest BCUT2D eigenvalue weighted by atomic mass is 10.0. The van der Waals surface area contributed by atoms with E-state index in [1.54, 1.807) is 78.9 Å². The molecule has 0 radical (unpaired) electrons. The Bertz CT molecular complexity index is 1280. The van der Waals surface area contributed by atoms with Crippen molar-refractivity contribution in [3.05, 3.63) is 102 Å². The summed E-state index contributed by atoms with van der Waals surface area (Å²) in [5.74, 6) is 0.755. The molecule has 0 fully saturated rings. The lowest BCUT2D eigenvalue weighted by Crippen LogP contribution is -2.13. The third kappa shape index (κ3) is 7.99. The lowest BCUT2D eigenvalue weighted by molar-refractivity contribution is 0.247. The van der Waals surface area contributed by atoms with E-state index < -0.39 is 17.7 Å². The Morgan fingerprint density at radius 2 is 0.947 bits per heavy atom. The second-order valence-corrected chi connectivity index (χ2v) is 12.8. The van der Waals surface area contributed by atoms with Gasteiger partial charge in [0, 0.05) is 6.42 Å². The third-order valence-corrected chi connectivity index (χ3v) is 9.68.